The van der Waals surface area contributed by atoms with Gasteiger partial charge in [-0.05, 0) is 12.0 Å². The molecule has 0 heterocycles. The van der Waals surface area contributed by atoms with Crippen LogP contribution in [0, 0.1) is 0 Å². The van der Waals surface area contributed by atoms with E-state index in [-0.39, 0.29) is 6.10 Å². The summed E-state index contributed by atoms with van der Waals surface area (Å²) in [5.74, 6) is 0. The zero-order chi connectivity index (χ0) is 10.2. The molecule has 1 rings (SSSR count). The fourth-order valence-corrected chi connectivity index (χ4v) is 1.25. The molecule has 1 atom stereocenters. The van der Waals surface area contributed by atoms with E-state index in [9.17, 15) is 4.79 Å². The lowest BCUT2D eigenvalue weighted by molar-refractivity contribution is -0.119. The number of carbonyl (C=O) groups is 1. The number of benzene rings is 1. The van der Waals surface area contributed by atoms with Crippen LogP contribution in [-0.2, 0) is 16.1 Å². The minimum absolute atomic E-state index is 0.250. The van der Waals surface area contributed by atoms with Crippen molar-refractivity contribution in [2.24, 2.45) is 0 Å². The van der Waals surface area contributed by atoms with Gasteiger partial charge in [0.2, 0.25) is 0 Å². The van der Waals surface area contributed by atoms with Gasteiger partial charge in [0, 0.05) is 0 Å². The maximum Gasteiger partial charge on any atom is 0.148 e. The Kier molecular flexibility index (Phi) is 4.94. The molecule has 1 aromatic carbocycles. The molecule has 2 heteroatoms. The fraction of sp³-hybridized carbons (Fsp3) is 0.417. The molecule has 2 nitrogen and oxygen atoms in total. The van der Waals surface area contributed by atoms with Crippen LogP contribution in [0.1, 0.15) is 25.3 Å². The first-order valence-corrected chi connectivity index (χ1v) is 4.97. The molecule has 0 saturated heterocycles. The zero-order valence-corrected chi connectivity index (χ0v) is 8.48. The van der Waals surface area contributed by atoms with Crippen molar-refractivity contribution in [1.82, 2.24) is 0 Å². The van der Waals surface area contributed by atoms with Crippen molar-refractivity contribution in [2.45, 2.75) is 32.5 Å². The summed E-state index contributed by atoms with van der Waals surface area (Å²) in [6.45, 7) is 2.56. The van der Waals surface area contributed by atoms with Crippen molar-refractivity contribution in [1.29, 1.82) is 0 Å². The number of hydrogen-bond donors (Lipinski definition) is 0. The highest BCUT2D eigenvalue weighted by Gasteiger charge is 2.05. The highest BCUT2D eigenvalue weighted by Crippen LogP contribution is 2.05. The summed E-state index contributed by atoms with van der Waals surface area (Å²) >= 11 is 0. The smallest absolute Gasteiger partial charge is 0.148 e. The van der Waals surface area contributed by atoms with Crippen molar-refractivity contribution in [3.8, 4) is 0 Å². The number of aldehydes is 1. The molecule has 0 saturated carbocycles. The summed E-state index contributed by atoms with van der Waals surface area (Å²) in [4.78, 5) is 10.6. The topological polar surface area (TPSA) is 26.3 Å². The lowest BCUT2D eigenvalue weighted by atomic mass is 10.2. The monoisotopic (exact) mass is 192 g/mol. The van der Waals surface area contributed by atoms with Gasteiger partial charge >= 0.3 is 0 Å². The Morgan fingerprint density at radius 3 is 2.64 bits per heavy atom. The molecule has 0 spiro atoms. The van der Waals surface area contributed by atoms with Crippen molar-refractivity contribution in [3.63, 3.8) is 0 Å². The zero-order valence-electron chi connectivity index (χ0n) is 8.48. The van der Waals surface area contributed by atoms with Crippen LogP contribution in [0.4, 0.5) is 0 Å². The lowest BCUT2D eigenvalue weighted by Gasteiger charge is -2.10. The molecule has 0 bridgehead atoms. The maximum atomic E-state index is 10.6. The normalized spacial score (nSPS) is 12.4. The van der Waals surface area contributed by atoms with E-state index in [0.717, 1.165) is 24.7 Å². The van der Waals surface area contributed by atoms with E-state index in [4.69, 9.17) is 4.74 Å². The molecule has 14 heavy (non-hydrogen) atoms. The van der Waals surface area contributed by atoms with E-state index in [1.807, 2.05) is 37.3 Å². The van der Waals surface area contributed by atoms with Crippen LogP contribution >= 0.6 is 0 Å². The fourth-order valence-electron chi connectivity index (χ4n) is 1.25. The lowest BCUT2D eigenvalue weighted by Crippen LogP contribution is -2.13. The van der Waals surface area contributed by atoms with Crippen LogP contribution in [0.15, 0.2) is 30.3 Å². The Morgan fingerprint density at radius 2 is 2.07 bits per heavy atom. The summed E-state index contributed by atoms with van der Waals surface area (Å²) in [5, 5.41) is 0. The number of rotatable bonds is 6. The molecular formula is C12H16O2. The van der Waals surface area contributed by atoms with E-state index < -0.39 is 0 Å². The second kappa shape index (κ2) is 6.33. The minimum Gasteiger partial charge on any atom is -0.366 e. The van der Waals surface area contributed by atoms with Gasteiger partial charge in [-0.3, -0.25) is 0 Å². The molecular weight excluding hydrogens is 176 g/mol. The molecule has 0 N–H and O–H groups in total. The molecule has 0 unspecified atom stereocenters. The Labute approximate surface area is 84.9 Å². The summed E-state index contributed by atoms with van der Waals surface area (Å²) in [6, 6.07) is 9.89. The molecule has 0 aliphatic rings. The van der Waals surface area contributed by atoms with Crippen molar-refractivity contribution in [3.05, 3.63) is 35.9 Å². The van der Waals surface area contributed by atoms with Crippen LogP contribution in [0.2, 0.25) is 0 Å². The van der Waals surface area contributed by atoms with Crippen LogP contribution in [-0.4, -0.2) is 12.4 Å². The summed E-state index contributed by atoms with van der Waals surface area (Å²) in [5.41, 5.74) is 1.11. The van der Waals surface area contributed by atoms with Crippen LogP contribution in [0.5, 0.6) is 0 Å². The van der Waals surface area contributed by atoms with Gasteiger partial charge in [0.25, 0.3) is 0 Å². The van der Waals surface area contributed by atoms with Crippen molar-refractivity contribution in [2.75, 3.05) is 0 Å². The molecule has 76 valence electrons. The Balaban J connectivity index is 2.35. The van der Waals surface area contributed by atoms with E-state index in [0.29, 0.717) is 6.61 Å². The average molecular weight is 192 g/mol. The Hall–Kier alpha value is -1.15. The van der Waals surface area contributed by atoms with Crippen LogP contribution in [0.25, 0.3) is 0 Å². The summed E-state index contributed by atoms with van der Waals surface area (Å²) in [6.07, 6.45) is 2.40. The van der Waals surface area contributed by atoms with Gasteiger partial charge in [-0.2, -0.15) is 0 Å². The minimum atomic E-state index is -0.250. The molecule has 1 aromatic rings. The third-order valence-electron chi connectivity index (χ3n) is 2.03. The van der Waals surface area contributed by atoms with Gasteiger partial charge in [0.05, 0.1) is 6.61 Å². The summed E-state index contributed by atoms with van der Waals surface area (Å²) in [7, 11) is 0. The number of carbonyl (C=O) groups excluding carboxylic acids is 1. The highest BCUT2D eigenvalue weighted by atomic mass is 16.5. The SMILES string of the molecule is CCC[C@@H](C=O)OCc1ccccc1. The third kappa shape index (κ3) is 3.71. The van der Waals surface area contributed by atoms with Crippen molar-refractivity contribution >= 4 is 6.29 Å². The van der Waals surface area contributed by atoms with Crippen molar-refractivity contribution < 1.29 is 9.53 Å². The first-order chi connectivity index (χ1) is 6.86. The first kappa shape index (κ1) is 10.9. The quantitative estimate of drug-likeness (QED) is 0.647. The largest absolute Gasteiger partial charge is 0.366 e. The Morgan fingerprint density at radius 1 is 1.36 bits per heavy atom. The molecule has 0 amide bonds. The third-order valence-corrected chi connectivity index (χ3v) is 2.03. The predicted molar refractivity (Wildman–Crippen MR) is 56.0 cm³/mol. The second-order valence-electron chi connectivity index (χ2n) is 3.26. The van der Waals surface area contributed by atoms with Gasteiger partial charge in [-0.1, -0.05) is 43.7 Å². The van der Waals surface area contributed by atoms with E-state index in [1.54, 1.807) is 0 Å². The Bertz CT molecular complexity index is 256. The standard InChI is InChI=1S/C12H16O2/c1-2-6-12(9-13)14-10-11-7-4-3-5-8-11/h3-5,7-9,12H,2,6,10H2,1H3/t12-/m0/s1. The van der Waals surface area contributed by atoms with E-state index in [2.05, 4.69) is 0 Å². The molecule has 0 radical (unpaired) electrons. The predicted octanol–water partition coefficient (Wildman–Crippen LogP) is 2.57. The van der Waals surface area contributed by atoms with E-state index in [1.165, 1.54) is 0 Å². The van der Waals surface area contributed by atoms with E-state index >= 15 is 0 Å². The van der Waals surface area contributed by atoms with Gasteiger partial charge < -0.3 is 9.53 Å². The van der Waals surface area contributed by atoms with Gasteiger partial charge in [-0.25, -0.2) is 0 Å². The summed E-state index contributed by atoms with van der Waals surface area (Å²) < 4.78 is 5.45. The molecule has 0 aliphatic carbocycles. The maximum absolute atomic E-state index is 10.6. The van der Waals surface area contributed by atoms with Gasteiger partial charge in [0.15, 0.2) is 0 Å². The van der Waals surface area contributed by atoms with Gasteiger partial charge in [0.1, 0.15) is 12.4 Å². The van der Waals surface area contributed by atoms with Gasteiger partial charge in [-0.15, -0.1) is 0 Å². The first-order valence-electron chi connectivity index (χ1n) is 4.97. The average Bonchev–Trinajstić information content (AvgIpc) is 2.25. The second-order valence-corrected chi connectivity index (χ2v) is 3.26. The molecule has 0 aliphatic heterocycles. The molecule has 0 fully saturated rings. The molecule has 0 aromatic heterocycles. The highest BCUT2D eigenvalue weighted by molar-refractivity contribution is 5.55. The van der Waals surface area contributed by atoms with Crippen LogP contribution in [0.3, 0.4) is 0 Å². The number of ether oxygens (including phenoxy) is 1. The number of hydrogen-bond acceptors (Lipinski definition) is 2. The van der Waals surface area contributed by atoms with Crippen LogP contribution < -0.4 is 0 Å².